The van der Waals surface area contributed by atoms with E-state index in [0.29, 0.717) is 34.6 Å². The summed E-state index contributed by atoms with van der Waals surface area (Å²) >= 11 is 0. The lowest BCUT2D eigenvalue weighted by Gasteiger charge is -2.37. The monoisotopic (exact) mass is 587 g/mol. The van der Waals surface area contributed by atoms with Crippen LogP contribution in [-0.2, 0) is 11.0 Å². The highest BCUT2D eigenvalue weighted by Gasteiger charge is 2.55. The highest BCUT2D eigenvalue weighted by atomic mass is 19.4. The van der Waals surface area contributed by atoms with Crippen LogP contribution in [0.3, 0.4) is 0 Å². The van der Waals surface area contributed by atoms with E-state index in [-0.39, 0.29) is 30.6 Å². The Morgan fingerprint density at radius 3 is 2.43 bits per heavy atom. The minimum Gasteiger partial charge on any atom is -0.382 e. The van der Waals surface area contributed by atoms with Gasteiger partial charge >= 0.3 is 12.4 Å². The van der Waals surface area contributed by atoms with Crippen molar-refractivity contribution in [1.29, 1.82) is 0 Å². The van der Waals surface area contributed by atoms with Crippen molar-refractivity contribution >= 4 is 17.2 Å². The summed E-state index contributed by atoms with van der Waals surface area (Å²) in [6.45, 7) is 1.96. The lowest BCUT2D eigenvalue weighted by atomic mass is 9.87. The van der Waals surface area contributed by atoms with Crippen molar-refractivity contribution in [3.05, 3.63) is 83.4 Å². The van der Waals surface area contributed by atoms with Crippen LogP contribution in [-0.4, -0.2) is 43.9 Å². The van der Waals surface area contributed by atoms with E-state index in [1.165, 1.54) is 17.2 Å². The van der Waals surface area contributed by atoms with E-state index in [1.54, 1.807) is 16.7 Å². The zero-order valence-electron chi connectivity index (χ0n) is 22.5. The average Bonchev–Trinajstić information content (AvgIpc) is 3.51. The van der Waals surface area contributed by atoms with Crippen LogP contribution in [0, 0.1) is 5.92 Å². The highest BCUT2D eigenvalue weighted by molar-refractivity contribution is 5.85. The van der Waals surface area contributed by atoms with E-state index in [0.717, 1.165) is 17.7 Å². The Bertz CT molecular complexity index is 1640. The predicted molar refractivity (Wildman–Crippen MR) is 143 cm³/mol. The molecule has 0 bridgehead atoms. The van der Waals surface area contributed by atoms with Crippen LogP contribution in [0.25, 0.3) is 16.8 Å². The molecule has 2 saturated heterocycles. The highest BCUT2D eigenvalue weighted by Crippen LogP contribution is 2.45. The molecule has 4 atom stereocenters. The minimum atomic E-state index is -4.44. The second-order valence-electron chi connectivity index (χ2n) is 11.1. The number of benzene rings is 2. The van der Waals surface area contributed by atoms with Gasteiger partial charge < -0.3 is 10.6 Å². The number of rotatable bonds is 4. The minimum absolute atomic E-state index is 0.129. The van der Waals surface area contributed by atoms with E-state index in [2.05, 4.69) is 4.98 Å². The molecule has 2 N–H and O–H groups in total. The summed E-state index contributed by atoms with van der Waals surface area (Å²) in [4.78, 5) is 23.0. The molecule has 2 aliphatic rings. The van der Waals surface area contributed by atoms with Gasteiger partial charge in [0.25, 0.3) is 0 Å². The first kappa shape index (κ1) is 28.0. The molecule has 2 aliphatic heterocycles. The topological polar surface area (TPSA) is 76.5 Å². The van der Waals surface area contributed by atoms with Crippen molar-refractivity contribution in [3.8, 4) is 11.3 Å². The van der Waals surface area contributed by atoms with Crippen molar-refractivity contribution in [2.75, 3.05) is 12.3 Å². The Labute approximate surface area is 237 Å². The number of piperidine rings is 1. The smallest absolute Gasteiger partial charge is 0.382 e. The molecule has 6 rings (SSSR count). The molecular formula is C30H27F6N5O. The molecule has 0 spiro atoms. The molecule has 2 fully saturated rings. The lowest BCUT2D eigenvalue weighted by molar-refractivity contribution is -0.182. The quantitative estimate of drug-likeness (QED) is 0.266. The summed E-state index contributed by atoms with van der Waals surface area (Å²) in [6, 6.07) is 11.6. The van der Waals surface area contributed by atoms with E-state index in [4.69, 9.17) is 10.7 Å². The van der Waals surface area contributed by atoms with Gasteiger partial charge in [-0.15, -0.1) is 0 Å². The van der Waals surface area contributed by atoms with Crippen molar-refractivity contribution in [3.63, 3.8) is 0 Å². The number of hydrogen-bond acceptors (Lipinski definition) is 4. The molecule has 4 aromatic rings. The van der Waals surface area contributed by atoms with Gasteiger partial charge in [-0.3, -0.25) is 9.20 Å². The summed E-state index contributed by atoms with van der Waals surface area (Å²) in [5.74, 6) is -1.97. The first-order valence-electron chi connectivity index (χ1n) is 13.6. The molecule has 220 valence electrons. The molecule has 12 heteroatoms. The van der Waals surface area contributed by atoms with Crippen LogP contribution in [0.1, 0.15) is 60.5 Å². The van der Waals surface area contributed by atoms with Gasteiger partial charge in [0.05, 0.1) is 11.5 Å². The normalized spacial score (nSPS) is 22.0. The van der Waals surface area contributed by atoms with E-state index in [9.17, 15) is 31.1 Å². The van der Waals surface area contributed by atoms with Gasteiger partial charge in [-0.2, -0.15) is 26.3 Å². The molecular weight excluding hydrogens is 560 g/mol. The molecule has 0 saturated carbocycles. The number of nitrogens with zero attached hydrogens (tertiary/aromatic N) is 4. The summed E-state index contributed by atoms with van der Waals surface area (Å²) in [5.41, 5.74) is 8.64. The summed E-state index contributed by atoms with van der Waals surface area (Å²) in [6.07, 6.45) is -5.55. The molecule has 2 aromatic carbocycles. The maximum atomic E-state index is 13.5. The van der Waals surface area contributed by atoms with Gasteiger partial charge in [-0.25, -0.2) is 9.97 Å². The second kappa shape index (κ2) is 10.0. The number of nitrogen functional groups attached to an aromatic ring is 1. The first-order chi connectivity index (χ1) is 19.8. The van der Waals surface area contributed by atoms with Crippen molar-refractivity contribution in [1.82, 2.24) is 19.3 Å². The number of halogens is 6. The Morgan fingerprint density at radius 1 is 1.00 bits per heavy atom. The van der Waals surface area contributed by atoms with Crippen LogP contribution < -0.4 is 5.73 Å². The van der Waals surface area contributed by atoms with Crippen molar-refractivity contribution < 1.29 is 31.1 Å². The number of anilines is 1. The molecule has 1 amide bonds. The predicted octanol–water partition coefficient (Wildman–Crippen LogP) is 6.81. The molecule has 1 unspecified atom stereocenters. The molecule has 6 nitrogen and oxygen atoms in total. The van der Waals surface area contributed by atoms with Crippen LogP contribution in [0.15, 0.2) is 60.9 Å². The Hall–Kier alpha value is -4.09. The Morgan fingerprint density at radius 2 is 1.74 bits per heavy atom. The van der Waals surface area contributed by atoms with Gasteiger partial charge in [0.2, 0.25) is 5.91 Å². The number of fused-ring (bicyclic) bond motifs is 2. The number of imidazole rings is 1. The number of hydrogen-bond donors (Lipinski definition) is 1. The largest absolute Gasteiger partial charge is 0.416 e. The fourth-order valence-corrected chi connectivity index (χ4v) is 6.37. The van der Waals surface area contributed by atoms with Crippen molar-refractivity contribution in [2.24, 2.45) is 5.92 Å². The van der Waals surface area contributed by atoms with Crippen LogP contribution >= 0.6 is 0 Å². The summed E-state index contributed by atoms with van der Waals surface area (Å²) < 4.78 is 82.1. The SMILES string of the molecule is C[C@@H](c1ccc(-c2nc([C@@H]3CC[C@H]4C(C(F)(F)F)CC(=O)N4C3)n3ccnc(N)c23)cc1)c1cccc(C(F)(F)F)c1. The number of alkyl halides is 6. The fraction of sp³-hybridized carbons (Fsp3) is 0.367. The average molecular weight is 588 g/mol. The Balaban J connectivity index is 1.31. The molecule has 4 heterocycles. The standard InChI is InChI=1S/C30H27F6N5O/c1-16(19-3-2-4-21(13-19)29(31,32)33)17-5-7-18(8-6-17)25-26-27(37)38-11-12-40(26)28(39-25)20-9-10-23-22(30(34,35)36)14-24(42)41(23)15-20/h2-8,11-13,16,20,22-23H,9-10,14-15H2,1H3,(H2,37,38)/t16-,20+,22?,23-/m0/s1. The van der Waals surface area contributed by atoms with Crippen LogP contribution in [0.5, 0.6) is 0 Å². The Kier molecular flexibility index (Phi) is 6.69. The number of amides is 1. The third-order valence-electron chi connectivity index (χ3n) is 8.60. The number of carbonyl (C=O) groups excluding carboxylic acids is 1. The molecule has 2 aromatic heterocycles. The number of aromatic nitrogens is 3. The third-order valence-corrected chi connectivity index (χ3v) is 8.60. The summed E-state index contributed by atoms with van der Waals surface area (Å²) in [7, 11) is 0. The van der Waals surface area contributed by atoms with Gasteiger partial charge in [0.15, 0.2) is 0 Å². The maximum Gasteiger partial charge on any atom is 0.416 e. The van der Waals surface area contributed by atoms with Crippen molar-refractivity contribution in [2.45, 2.75) is 56.4 Å². The number of carbonyl (C=O) groups is 1. The maximum absolute atomic E-state index is 13.5. The zero-order chi connectivity index (χ0) is 30.0. The zero-order valence-corrected chi connectivity index (χ0v) is 22.5. The number of nitrogens with two attached hydrogens (primary N) is 1. The van der Waals surface area contributed by atoms with E-state index >= 15 is 0 Å². The van der Waals surface area contributed by atoms with Crippen LogP contribution in [0.2, 0.25) is 0 Å². The van der Waals surface area contributed by atoms with E-state index < -0.39 is 42.2 Å². The van der Waals surface area contributed by atoms with Gasteiger partial charge in [0, 0.05) is 48.8 Å². The van der Waals surface area contributed by atoms with Gasteiger partial charge in [-0.05, 0) is 30.0 Å². The summed E-state index contributed by atoms with van der Waals surface area (Å²) in [5, 5.41) is 0. The third kappa shape index (κ3) is 4.86. The molecule has 0 aliphatic carbocycles. The van der Waals surface area contributed by atoms with E-state index in [1.807, 2.05) is 31.2 Å². The van der Waals surface area contributed by atoms with Gasteiger partial charge in [0.1, 0.15) is 22.9 Å². The lowest BCUT2D eigenvalue weighted by Crippen LogP contribution is -2.45. The first-order valence-corrected chi connectivity index (χ1v) is 13.6. The second-order valence-corrected chi connectivity index (χ2v) is 11.1. The molecule has 0 radical (unpaired) electrons. The molecule has 42 heavy (non-hydrogen) atoms. The van der Waals surface area contributed by atoms with Gasteiger partial charge in [-0.1, -0.05) is 49.4 Å². The van der Waals surface area contributed by atoms with Crippen LogP contribution in [0.4, 0.5) is 32.2 Å². The fourth-order valence-electron chi connectivity index (χ4n) is 6.37.